The quantitative estimate of drug-likeness (QED) is 0.886. The van der Waals surface area contributed by atoms with E-state index in [4.69, 9.17) is 0 Å². The number of hydrogen-bond acceptors (Lipinski definition) is 3. The highest BCUT2D eigenvalue weighted by Crippen LogP contribution is 2.26. The zero-order chi connectivity index (χ0) is 13.3. The van der Waals surface area contributed by atoms with Gasteiger partial charge in [-0.3, -0.25) is 0 Å². The summed E-state index contributed by atoms with van der Waals surface area (Å²) in [5.74, 6) is -0.415. The van der Waals surface area contributed by atoms with Crippen LogP contribution in [0, 0.1) is 26.6 Å². The minimum absolute atomic E-state index is 0.269. The molecule has 2 rings (SSSR count). The molecule has 1 aromatic carbocycles. The molecule has 0 aliphatic rings. The minimum atomic E-state index is -1.01. The summed E-state index contributed by atoms with van der Waals surface area (Å²) in [5, 5.41) is 18.1. The Morgan fingerprint density at radius 2 is 1.78 bits per heavy atom. The van der Waals surface area contributed by atoms with Crippen LogP contribution >= 0.6 is 0 Å². The Hall–Kier alpha value is -1.81. The predicted octanol–water partition coefficient (Wildman–Crippen LogP) is 2.62. The number of aliphatic hydroxyl groups excluding tert-OH is 1. The molecule has 94 valence electrons. The van der Waals surface area contributed by atoms with Crippen LogP contribution in [0.2, 0.25) is 0 Å². The molecule has 3 nitrogen and oxygen atoms in total. The second-order valence-electron chi connectivity index (χ2n) is 4.45. The number of aryl methyl sites for hydroxylation is 3. The summed E-state index contributed by atoms with van der Waals surface area (Å²) in [6.07, 6.45) is -1.01. The topological polar surface area (TPSA) is 46.0 Å². The lowest BCUT2D eigenvalue weighted by atomic mass is 9.98. The van der Waals surface area contributed by atoms with Gasteiger partial charge in [0.2, 0.25) is 0 Å². The molecule has 0 aliphatic carbocycles. The van der Waals surface area contributed by atoms with Gasteiger partial charge in [0.1, 0.15) is 11.9 Å². The van der Waals surface area contributed by atoms with Gasteiger partial charge in [0.15, 0.2) is 0 Å². The van der Waals surface area contributed by atoms with Gasteiger partial charge in [0.25, 0.3) is 0 Å². The average molecular weight is 246 g/mol. The van der Waals surface area contributed by atoms with Crippen molar-refractivity contribution in [2.75, 3.05) is 0 Å². The molecule has 0 amide bonds. The Morgan fingerprint density at radius 1 is 1.06 bits per heavy atom. The Labute approximate surface area is 105 Å². The molecule has 0 bridgehead atoms. The van der Waals surface area contributed by atoms with Gasteiger partial charge in [-0.2, -0.15) is 10.2 Å². The van der Waals surface area contributed by atoms with Crippen molar-refractivity contribution in [2.24, 2.45) is 0 Å². The summed E-state index contributed by atoms with van der Waals surface area (Å²) in [5.41, 5.74) is 3.07. The Morgan fingerprint density at radius 3 is 2.50 bits per heavy atom. The van der Waals surface area contributed by atoms with Crippen LogP contribution < -0.4 is 0 Å². The highest BCUT2D eigenvalue weighted by atomic mass is 19.1. The van der Waals surface area contributed by atoms with E-state index in [2.05, 4.69) is 10.2 Å². The van der Waals surface area contributed by atoms with E-state index in [1.54, 1.807) is 32.0 Å². The largest absolute Gasteiger partial charge is 0.383 e. The second kappa shape index (κ2) is 4.82. The van der Waals surface area contributed by atoms with Crippen molar-refractivity contribution in [1.29, 1.82) is 0 Å². The molecule has 4 heteroatoms. The van der Waals surface area contributed by atoms with Crippen molar-refractivity contribution >= 4 is 0 Å². The lowest BCUT2D eigenvalue weighted by Crippen LogP contribution is -2.07. The number of aliphatic hydroxyl groups is 1. The highest BCUT2D eigenvalue weighted by molar-refractivity contribution is 5.35. The first-order chi connectivity index (χ1) is 8.49. The fraction of sp³-hybridized carbons (Fsp3) is 0.286. The first-order valence-electron chi connectivity index (χ1n) is 5.74. The lowest BCUT2D eigenvalue weighted by Gasteiger charge is -2.15. The number of rotatable bonds is 2. The molecule has 1 aromatic heterocycles. The highest BCUT2D eigenvalue weighted by Gasteiger charge is 2.18. The zero-order valence-electron chi connectivity index (χ0n) is 10.6. The molecule has 18 heavy (non-hydrogen) atoms. The Bertz CT molecular complexity index is 533. The van der Waals surface area contributed by atoms with E-state index in [-0.39, 0.29) is 5.56 Å². The van der Waals surface area contributed by atoms with E-state index in [1.807, 2.05) is 6.92 Å². The van der Waals surface area contributed by atoms with Crippen LogP contribution in [0.4, 0.5) is 4.39 Å². The number of nitrogens with zero attached hydrogens (tertiary/aromatic N) is 2. The minimum Gasteiger partial charge on any atom is -0.383 e. The maximum absolute atomic E-state index is 13.7. The molecular formula is C14H15FN2O. The smallest absolute Gasteiger partial charge is 0.129 e. The van der Waals surface area contributed by atoms with Gasteiger partial charge < -0.3 is 5.11 Å². The van der Waals surface area contributed by atoms with E-state index in [1.165, 1.54) is 6.07 Å². The van der Waals surface area contributed by atoms with Crippen molar-refractivity contribution in [1.82, 2.24) is 10.2 Å². The molecular weight excluding hydrogens is 231 g/mol. The third-order valence-electron chi connectivity index (χ3n) is 2.88. The molecule has 0 fully saturated rings. The van der Waals surface area contributed by atoms with Gasteiger partial charge in [0, 0.05) is 11.1 Å². The number of hydrogen-bond donors (Lipinski definition) is 1. The van der Waals surface area contributed by atoms with Crippen LogP contribution in [0.1, 0.15) is 34.2 Å². The van der Waals surface area contributed by atoms with Crippen LogP contribution in [-0.4, -0.2) is 15.3 Å². The van der Waals surface area contributed by atoms with Gasteiger partial charge in [-0.05, 0) is 32.9 Å². The third-order valence-corrected chi connectivity index (χ3v) is 2.88. The van der Waals surface area contributed by atoms with E-state index in [0.717, 1.165) is 5.56 Å². The first kappa shape index (κ1) is 12.6. The van der Waals surface area contributed by atoms with Gasteiger partial charge in [-0.1, -0.05) is 17.7 Å². The molecule has 1 heterocycles. The SMILES string of the molecule is Cc1ccc(F)c(C(O)c2cc(C)nnc2C)c1. The predicted molar refractivity (Wildman–Crippen MR) is 66.7 cm³/mol. The van der Waals surface area contributed by atoms with Crippen LogP contribution in [0.15, 0.2) is 24.3 Å². The summed E-state index contributed by atoms with van der Waals surface area (Å²) < 4.78 is 13.7. The van der Waals surface area contributed by atoms with E-state index < -0.39 is 11.9 Å². The number of benzene rings is 1. The zero-order valence-corrected chi connectivity index (χ0v) is 10.6. The van der Waals surface area contributed by atoms with Crippen molar-refractivity contribution in [3.8, 4) is 0 Å². The number of aromatic nitrogens is 2. The molecule has 0 aliphatic heterocycles. The van der Waals surface area contributed by atoms with Gasteiger partial charge in [-0.25, -0.2) is 4.39 Å². The van der Waals surface area contributed by atoms with Crippen LogP contribution in [0.5, 0.6) is 0 Å². The first-order valence-corrected chi connectivity index (χ1v) is 5.74. The maximum atomic E-state index is 13.7. The Balaban J connectivity index is 2.50. The van der Waals surface area contributed by atoms with Crippen molar-refractivity contribution in [2.45, 2.75) is 26.9 Å². The van der Waals surface area contributed by atoms with Crippen LogP contribution in [0.3, 0.4) is 0 Å². The summed E-state index contributed by atoms with van der Waals surface area (Å²) in [7, 11) is 0. The van der Waals surface area contributed by atoms with E-state index >= 15 is 0 Å². The molecule has 1 unspecified atom stereocenters. The lowest BCUT2D eigenvalue weighted by molar-refractivity contribution is 0.213. The standard InChI is InChI=1S/C14H15FN2O/c1-8-4-5-13(15)12(6-8)14(18)11-7-9(2)16-17-10(11)3/h4-7,14,18H,1-3H3. The fourth-order valence-electron chi connectivity index (χ4n) is 1.89. The molecule has 0 saturated carbocycles. The van der Waals surface area contributed by atoms with Gasteiger partial charge in [0.05, 0.1) is 11.4 Å². The molecule has 2 aromatic rings. The van der Waals surface area contributed by atoms with Gasteiger partial charge in [-0.15, -0.1) is 0 Å². The summed E-state index contributed by atoms with van der Waals surface area (Å²) in [4.78, 5) is 0. The van der Waals surface area contributed by atoms with E-state index in [9.17, 15) is 9.50 Å². The summed E-state index contributed by atoms with van der Waals surface area (Å²) >= 11 is 0. The van der Waals surface area contributed by atoms with Crippen molar-refractivity contribution < 1.29 is 9.50 Å². The monoisotopic (exact) mass is 246 g/mol. The second-order valence-corrected chi connectivity index (χ2v) is 4.45. The van der Waals surface area contributed by atoms with Crippen LogP contribution in [0.25, 0.3) is 0 Å². The van der Waals surface area contributed by atoms with Gasteiger partial charge >= 0.3 is 0 Å². The molecule has 1 N–H and O–H groups in total. The summed E-state index contributed by atoms with van der Waals surface area (Å²) in [6, 6.07) is 6.42. The molecule has 0 saturated heterocycles. The van der Waals surface area contributed by atoms with E-state index in [0.29, 0.717) is 17.0 Å². The maximum Gasteiger partial charge on any atom is 0.129 e. The molecule has 0 radical (unpaired) electrons. The van der Waals surface area contributed by atoms with Crippen molar-refractivity contribution in [3.05, 3.63) is 58.2 Å². The molecule has 1 atom stereocenters. The fourth-order valence-corrected chi connectivity index (χ4v) is 1.89. The molecule has 0 spiro atoms. The van der Waals surface area contributed by atoms with Crippen LogP contribution in [-0.2, 0) is 0 Å². The average Bonchev–Trinajstić information content (AvgIpc) is 2.34. The number of halogens is 1. The summed E-state index contributed by atoms with van der Waals surface area (Å²) in [6.45, 7) is 5.40. The van der Waals surface area contributed by atoms with Crippen molar-refractivity contribution in [3.63, 3.8) is 0 Å². The normalized spacial score (nSPS) is 12.5. The third kappa shape index (κ3) is 2.38. The Kier molecular flexibility index (Phi) is 3.39.